The highest BCUT2D eigenvalue weighted by Crippen LogP contribution is 2.34. The molecule has 0 aliphatic carbocycles. The summed E-state index contributed by atoms with van der Waals surface area (Å²) in [6, 6.07) is 0. The molecule has 0 unspecified atom stereocenters. The highest BCUT2D eigenvalue weighted by atomic mass is 16.7. The quantitative estimate of drug-likeness (QED) is 0.453. The number of methoxy groups -OCH3 is 1. The number of rotatable bonds is 1. The fourth-order valence-electron chi connectivity index (χ4n) is 1.88. The Morgan fingerprint density at radius 3 is 2.79 bits per heavy atom. The summed E-state index contributed by atoms with van der Waals surface area (Å²) in [5.41, 5.74) is -1.52. The van der Waals surface area contributed by atoms with Crippen LogP contribution in [0.5, 0.6) is 0 Å². The Morgan fingerprint density at radius 2 is 2.14 bits per heavy atom. The van der Waals surface area contributed by atoms with Crippen LogP contribution in [-0.2, 0) is 14.2 Å². The summed E-state index contributed by atoms with van der Waals surface area (Å²) in [5, 5.41) is 29.2. The van der Waals surface area contributed by atoms with E-state index >= 15 is 0 Å². The van der Waals surface area contributed by atoms with Gasteiger partial charge in [-0.3, -0.25) is 0 Å². The second-order valence-electron chi connectivity index (χ2n) is 3.67. The Labute approximate surface area is 81.0 Å². The minimum atomic E-state index is -1.52. The molecule has 2 rings (SSSR count). The zero-order valence-corrected chi connectivity index (χ0v) is 7.79. The topological polar surface area (TPSA) is 88.4 Å². The fraction of sp³-hybridized carbons (Fsp3) is 1.00. The monoisotopic (exact) mass is 206 g/mol. The van der Waals surface area contributed by atoms with Gasteiger partial charge in [-0.15, -0.1) is 0 Å². The molecule has 82 valence electrons. The lowest BCUT2D eigenvalue weighted by molar-refractivity contribution is -0.309. The van der Waals surface area contributed by atoms with Crippen LogP contribution in [0.15, 0.2) is 0 Å². The van der Waals surface area contributed by atoms with Gasteiger partial charge in [0.05, 0.1) is 13.2 Å². The number of ether oxygens (including phenoxy) is 3. The van der Waals surface area contributed by atoms with E-state index in [0.717, 1.165) is 0 Å². The Bertz CT molecular complexity index is 222. The molecule has 14 heavy (non-hydrogen) atoms. The molecule has 0 bridgehead atoms. The van der Waals surface area contributed by atoms with Crippen LogP contribution in [0.1, 0.15) is 0 Å². The average molecular weight is 206 g/mol. The van der Waals surface area contributed by atoms with Crippen LogP contribution < -0.4 is 0 Å². The predicted molar refractivity (Wildman–Crippen MR) is 43.5 cm³/mol. The van der Waals surface area contributed by atoms with Crippen LogP contribution in [0.2, 0.25) is 0 Å². The first kappa shape index (κ1) is 10.3. The van der Waals surface area contributed by atoms with Crippen molar-refractivity contribution in [3.05, 3.63) is 0 Å². The highest BCUT2D eigenvalue weighted by Gasteiger charge is 2.57. The highest BCUT2D eigenvalue weighted by molar-refractivity contribution is 5.04. The van der Waals surface area contributed by atoms with E-state index in [9.17, 15) is 15.3 Å². The van der Waals surface area contributed by atoms with E-state index in [1.165, 1.54) is 7.11 Å². The number of aliphatic hydroxyl groups is 3. The first-order chi connectivity index (χ1) is 6.59. The lowest BCUT2D eigenvalue weighted by Gasteiger charge is -2.43. The number of fused-ring (bicyclic) bond motifs is 1. The van der Waals surface area contributed by atoms with Gasteiger partial charge < -0.3 is 29.5 Å². The molecule has 0 aromatic carbocycles. The van der Waals surface area contributed by atoms with Gasteiger partial charge in [-0.25, -0.2) is 0 Å². The molecule has 6 heteroatoms. The maximum absolute atomic E-state index is 9.95. The van der Waals surface area contributed by atoms with Crippen LogP contribution in [0.3, 0.4) is 0 Å². The summed E-state index contributed by atoms with van der Waals surface area (Å²) >= 11 is 0. The average Bonchev–Trinajstić information content (AvgIpc) is 2.55. The summed E-state index contributed by atoms with van der Waals surface area (Å²) in [5.74, 6) is 0. The molecule has 3 N–H and O–H groups in total. The summed E-state index contributed by atoms with van der Waals surface area (Å²) in [6.07, 6.45) is -4.14. The van der Waals surface area contributed by atoms with Crippen molar-refractivity contribution in [1.29, 1.82) is 0 Å². The zero-order chi connectivity index (χ0) is 10.3. The molecule has 6 nitrogen and oxygen atoms in total. The van der Waals surface area contributed by atoms with Crippen LogP contribution in [0.4, 0.5) is 0 Å². The Kier molecular flexibility index (Phi) is 2.50. The largest absolute Gasteiger partial charge is 0.387 e. The van der Waals surface area contributed by atoms with Gasteiger partial charge in [0.2, 0.25) is 0 Å². The Hall–Kier alpha value is -0.240. The van der Waals surface area contributed by atoms with Crippen molar-refractivity contribution in [3.63, 3.8) is 0 Å². The van der Waals surface area contributed by atoms with E-state index in [0.29, 0.717) is 0 Å². The molecule has 2 fully saturated rings. The summed E-state index contributed by atoms with van der Waals surface area (Å²) in [4.78, 5) is 0. The molecule has 5 atom stereocenters. The SMILES string of the molecule is CO[C@H]1O[C@@H]2COC[C@]2(O)[C@H](O)[C@@H]1O. The van der Waals surface area contributed by atoms with Crippen molar-refractivity contribution in [3.8, 4) is 0 Å². The standard InChI is InChI=1S/C8H14O6/c1-12-7-5(9)6(10)8(11)3-13-2-4(8)14-7/h4-7,9-11H,2-3H2,1H3/t4-,5+,6-,7+,8-/m1/s1. The molecular formula is C8H14O6. The molecule has 0 aromatic rings. The number of aliphatic hydroxyl groups excluding tert-OH is 2. The van der Waals surface area contributed by atoms with Gasteiger partial charge in [-0.2, -0.15) is 0 Å². The second-order valence-corrected chi connectivity index (χ2v) is 3.67. The number of hydrogen-bond donors (Lipinski definition) is 3. The third-order valence-corrected chi connectivity index (χ3v) is 2.81. The summed E-state index contributed by atoms with van der Waals surface area (Å²) in [7, 11) is 1.36. The van der Waals surface area contributed by atoms with Gasteiger partial charge in [0.1, 0.15) is 23.9 Å². The van der Waals surface area contributed by atoms with E-state index in [1.54, 1.807) is 0 Å². The normalized spacial score (nSPS) is 53.1. The van der Waals surface area contributed by atoms with Gasteiger partial charge in [0, 0.05) is 7.11 Å². The first-order valence-electron chi connectivity index (χ1n) is 4.44. The summed E-state index contributed by atoms with van der Waals surface area (Å²) < 4.78 is 15.1. The van der Waals surface area contributed by atoms with Gasteiger partial charge in [0.25, 0.3) is 0 Å². The first-order valence-corrected chi connectivity index (χ1v) is 4.44. The third kappa shape index (κ3) is 1.27. The lowest BCUT2D eigenvalue weighted by Crippen LogP contribution is -2.65. The van der Waals surface area contributed by atoms with E-state index in [2.05, 4.69) is 0 Å². The second kappa shape index (κ2) is 3.41. The third-order valence-electron chi connectivity index (χ3n) is 2.81. The Morgan fingerprint density at radius 1 is 1.43 bits per heavy atom. The van der Waals surface area contributed by atoms with Crippen molar-refractivity contribution < 1.29 is 29.5 Å². The minimum Gasteiger partial charge on any atom is -0.387 e. The summed E-state index contributed by atoms with van der Waals surface area (Å²) in [6.45, 7) is 0.159. The predicted octanol–water partition coefficient (Wildman–Crippen LogP) is -2.16. The van der Waals surface area contributed by atoms with E-state index in [-0.39, 0.29) is 13.2 Å². The fourth-order valence-corrected chi connectivity index (χ4v) is 1.88. The molecule has 0 amide bonds. The molecule has 0 spiro atoms. The maximum Gasteiger partial charge on any atom is 0.186 e. The molecular weight excluding hydrogens is 192 g/mol. The maximum atomic E-state index is 9.95. The molecule has 0 saturated carbocycles. The van der Waals surface area contributed by atoms with Crippen LogP contribution >= 0.6 is 0 Å². The zero-order valence-electron chi connectivity index (χ0n) is 7.79. The molecule has 0 radical (unpaired) electrons. The van der Waals surface area contributed by atoms with Crippen LogP contribution in [0, 0.1) is 0 Å². The van der Waals surface area contributed by atoms with Gasteiger partial charge in [0.15, 0.2) is 6.29 Å². The smallest absolute Gasteiger partial charge is 0.186 e. The van der Waals surface area contributed by atoms with Crippen LogP contribution in [-0.4, -0.2) is 65.8 Å². The molecule has 2 aliphatic heterocycles. The van der Waals surface area contributed by atoms with Gasteiger partial charge in [-0.05, 0) is 0 Å². The van der Waals surface area contributed by atoms with E-state index < -0.39 is 30.2 Å². The van der Waals surface area contributed by atoms with E-state index in [4.69, 9.17) is 14.2 Å². The van der Waals surface area contributed by atoms with Gasteiger partial charge >= 0.3 is 0 Å². The van der Waals surface area contributed by atoms with E-state index in [1.807, 2.05) is 0 Å². The molecule has 2 heterocycles. The number of hydrogen-bond acceptors (Lipinski definition) is 6. The van der Waals surface area contributed by atoms with Crippen molar-refractivity contribution in [2.24, 2.45) is 0 Å². The molecule has 2 aliphatic rings. The molecule has 0 aromatic heterocycles. The Balaban J connectivity index is 2.20. The van der Waals surface area contributed by atoms with Crippen LogP contribution in [0.25, 0.3) is 0 Å². The lowest BCUT2D eigenvalue weighted by atomic mass is 9.87. The van der Waals surface area contributed by atoms with Crippen molar-refractivity contribution in [2.75, 3.05) is 20.3 Å². The minimum absolute atomic E-state index is 0.0354. The van der Waals surface area contributed by atoms with Gasteiger partial charge in [-0.1, -0.05) is 0 Å². The molecule has 2 saturated heterocycles. The van der Waals surface area contributed by atoms with Crippen molar-refractivity contribution in [2.45, 2.75) is 30.2 Å². The van der Waals surface area contributed by atoms with Crippen molar-refractivity contribution >= 4 is 0 Å². The van der Waals surface area contributed by atoms with Crippen molar-refractivity contribution in [1.82, 2.24) is 0 Å².